The number of hydrogen-bond donors (Lipinski definition) is 0. The summed E-state index contributed by atoms with van der Waals surface area (Å²) in [7, 11) is 5.43. The van der Waals surface area contributed by atoms with Crippen molar-refractivity contribution in [3.05, 3.63) is 24.3 Å². The van der Waals surface area contributed by atoms with E-state index in [9.17, 15) is 19.5 Å². The van der Waals surface area contributed by atoms with Crippen molar-refractivity contribution < 1.29 is 38.2 Å². The number of carbonyl (C=O) groups excluding carboxylic acids is 3. The highest BCUT2D eigenvalue weighted by Crippen LogP contribution is 2.17. The number of hydrogen-bond acceptors (Lipinski definition) is 7. The Morgan fingerprint density at radius 2 is 0.848 bits per heavy atom. The first-order chi connectivity index (χ1) is 32.1. The van der Waals surface area contributed by atoms with Gasteiger partial charge in [0.1, 0.15) is 12.6 Å². The first-order valence-corrected chi connectivity index (χ1v) is 28.4. The van der Waals surface area contributed by atoms with Crippen LogP contribution in [0.5, 0.6) is 0 Å². The van der Waals surface area contributed by atoms with E-state index in [0.717, 1.165) is 51.4 Å². The van der Waals surface area contributed by atoms with E-state index in [0.29, 0.717) is 12.8 Å². The van der Waals surface area contributed by atoms with Gasteiger partial charge in [0.15, 0.2) is 6.10 Å². The van der Waals surface area contributed by atoms with Crippen LogP contribution in [0.1, 0.15) is 277 Å². The molecule has 0 aromatic rings. The quantitative estimate of drug-likeness (QED) is 0.0259. The van der Waals surface area contributed by atoms with E-state index in [4.69, 9.17) is 14.2 Å². The number of carboxylic acids is 1. The smallest absolute Gasteiger partial charge is 0.306 e. The third-order valence-electron chi connectivity index (χ3n) is 13.1. The van der Waals surface area contributed by atoms with Crippen molar-refractivity contribution in [2.75, 3.05) is 41.0 Å². The molecule has 0 aliphatic rings. The number of carboxylic acid groups (broad SMARTS) is 1. The minimum absolute atomic E-state index is 0.0464. The van der Waals surface area contributed by atoms with Gasteiger partial charge < -0.3 is 28.6 Å². The molecule has 0 spiro atoms. The second-order valence-electron chi connectivity index (χ2n) is 20.5. The fraction of sp³-hybridized carbons (Fsp3) is 0.879. The molecule has 2 unspecified atom stereocenters. The van der Waals surface area contributed by atoms with E-state index >= 15 is 0 Å². The number of carbonyl (C=O) groups is 3. The fourth-order valence-electron chi connectivity index (χ4n) is 8.76. The highest BCUT2D eigenvalue weighted by Gasteiger charge is 2.25. The first kappa shape index (κ1) is 63.8. The molecule has 0 saturated heterocycles. The predicted octanol–water partition coefficient (Wildman–Crippen LogP) is 15.4. The van der Waals surface area contributed by atoms with Gasteiger partial charge in [-0.2, -0.15) is 0 Å². The minimum atomic E-state index is -1.12. The third kappa shape index (κ3) is 46.9. The maximum absolute atomic E-state index is 12.8. The summed E-state index contributed by atoms with van der Waals surface area (Å²) in [5, 5.41) is 11.7. The number of esters is 2. The van der Waals surface area contributed by atoms with E-state index in [1.165, 1.54) is 193 Å². The van der Waals surface area contributed by atoms with Gasteiger partial charge in [0.25, 0.3) is 0 Å². The van der Waals surface area contributed by atoms with Crippen molar-refractivity contribution in [1.29, 1.82) is 0 Å². The number of nitrogens with zero attached hydrogens (tertiary/aromatic N) is 1. The first-order valence-electron chi connectivity index (χ1n) is 28.4. The lowest BCUT2D eigenvalue weighted by atomic mass is 10.0. The Bertz CT molecular complexity index is 1130. The molecule has 2 atom stereocenters. The molecule has 0 aliphatic carbocycles. The molecule has 0 radical (unpaired) electrons. The topological polar surface area (TPSA) is 102 Å². The Labute approximate surface area is 409 Å². The van der Waals surface area contributed by atoms with Crippen LogP contribution in [-0.2, 0) is 28.6 Å². The molecule has 0 aromatic heterocycles. The summed E-state index contributed by atoms with van der Waals surface area (Å²) in [6.07, 6.45) is 57.9. The summed E-state index contributed by atoms with van der Waals surface area (Å²) < 4.78 is 17.3. The van der Waals surface area contributed by atoms with Crippen molar-refractivity contribution in [3.8, 4) is 0 Å². The monoisotopic (exact) mass is 932 g/mol. The second-order valence-corrected chi connectivity index (χ2v) is 20.5. The Morgan fingerprint density at radius 3 is 1.24 bits per heavy atom. The van der Waals surface area contributed by atoms with Crippen LogP contribution in [0.3, 0.4) is 0 Å². The number of likely N-dealkylation sites (N-methyl/N-ethyl adjacent to an activating group) is 1. The Kier molecular flexibility index (Phi) is 47.6. The molecule has 0 N–H and O–H groups in total. The molecule has 388 valence electrons. The van der Waals surface area contributed by atoms with Crippen LogP contribution in [0.15, 0.2) is 24.3 Å². The molecule has 0 aromatic carbocycles. The zero-order valence-corrected chi connectivity index (χ0v) is 44.4. The lowest BCUT2D eigenvalue weighted by molar-refractivity contribution is -0.889. The summed E-state index contributed by atoms with van der Waals surface area (Å²) in [5.74, 6) is -1.71. The third-order valence-corrected chi connectivity index (χ3v) is 13.1. The van der Waals surface area contributed by atoms with Crippen LogP contribution in [-0.4, -0.2) is 75.5 Å². The summed E-state index contributed by atoms with van der Waals surface area (Å²) in [4.78, 5) is 37.1. The van der Waals surface area contributed by atoms with Gasteiger partial charge in [-0.1, -0.05) is 244 Å². The van der Waals surface area contributed by atoms with Crippen LogP contribution in [0.4, 0.5) is 0 Å². The van der Waals surface area contributed by atoms with Crippen molar-refractivity contribution in [1.82, 2.24) is 0 Å². The van der Waals surface area contributed by atoms with Crippen LogP contribution in [0.25, 0.3) is 0 Å². The van der Waals surface area contributed by atoms with Crippen molar-refractivity contribution in [2.45, 2.75) is 289 Å². The lowest BCUT2D eigenvalue weighted by Gasteiger charge is -2.34. The number of unbranched alkanes of at least 4 members (excludes halogenated alkanes) is 34. The number of ether oxygens (including phenoxy) is 3. The van der Waals surface area contributed by atoms with Crippen molar-refractivity contribution >= 4 is 17.9 Å². The van der Waals surface area contributed by atoms with E-state index < -0.39 is 18.1 Å². The molecule has 8 heteroatoms. The Balaban J connectivity index is 4.13. The lowest BCUT2D eigenvalue weighted by Crippen LogP contribution is -2.55. The standard InChI is InChI=1S/C58H109NO7/c1-6-8-10-12-14-16-18-20-22-24-26-28-30-32-34-36-38-40-42-44-46-48-56(60)65-53-54(52-64-51-50-55(58(62)63)59(3,4)5)66-57(61)49-47-45-43-41-39-37-35-33-31-29-27-25-23-21-19-17-15-13-11-9-7-2/h9,11,15,17,54-55H,6-8,10,12-14,16,18-53H2,1-5H3/b11-9+,17-15+. The molecular formula is C58H109NO7. The average Bonchev–Trinajstić information content (AvgIpc) is 3.28. The number of quaternary nitrogens is 1. The van der Waals surface area contributed by atoms with Gasteiger partial charge in [-0.3, -0.25) is 9.59 Å². The molecule has 0 rings (SSSR count). The number of rotatable bonds is 52. The van der Waals surface area contributed by atoms with Crippen LogP contribution in [0.2, 0.25) is 0 Å². The van der Waals surface area contributed by atoms with E-state index in [1.807, 2.05) is 21.1 Å². The molecule has 8 nitrogen and oxygen atoms in total. The van der Waals surface area contributed by atoms with Gasteiger partial charge in [0.2, 0.25) is 0 Å². The van der Waals surface area contributed by atoms with Gasteiger partial charge in [0.05, 0.1) is 40.3 Å². The second kappa shape index (κ2) is 49.2. The zero-order chi connectivity index (χ0) is 48.4. The zero-order valence-electron chi connectivity index (χ0n) is 44.4. The van der Waals surface area contributed by atoms with Crippen molar-refractivity contribution in [2.24, 2.45) is 0 Å². The summed E-state index contributed by atoms with van der Waals surface area (Å²) in [6.45, 7) is 4.62. The van der Waals surface area contributed by atoms with Gasteiger partial charge in [-0.25, -0.2) is 0 Å². The highest BCUT2D eigenvalue weighted by molar-refractivity contribution is 5.70. The number of aliphatic carboxylic acids is 1. The average molecular weight is 933 g/mol. The molecule has 0 saturated carbocycles. The van der Waals surface area contributed by atoms with E-state index in [2.05, 4.69) is 38.2 Å². The van der Waals surface area contributed by atoms with Gasteiger partial charge in [-0.15, -0.1) is 0 Å². The minimum Gasteiger partial charge on any atom is -0.544 e. The van der Waals surface area contributed by atoms with Gasteiger partial charge in [0, 0.05) is 19.3 Å². The largest absolute Gasteiger partial charge is 0.544 e. The summed E-state index contributed by atoms with van der Waals surface area (Å²) in [6, 6.07) is -0.723. The maximum atomic E-state index is 12.8. The number of allylic oxidation sites excluding steroid dienone is 4. The SMILES string of the molecule is CC/C=C/C/C=C/CCCCCCCCCCCCCCCCC(=O)OC(COCCC(C(=O)[O-])[N+](C)(C)C)COC(=O)CCCCCCCCCCCCCCCCCCCCCCC. The van der Waals surface area contributed by atoms with Crippen molar-refractivity contribution in [3.63, 3.8) is 0 Å². The molecular weight excluding hydrogens is 823 g/mol. The van der Waals surface area contributed by atoms with Gasteiger partial charge in [-0.05, 0) is 38.5 Å². The summed E-state index contributed by atoms with van der Waals surface area (Å²) in [5.41, 5.74) is 0. The molecule has 0 amide bonds. The molecule has 0 aliphatic heterocycles. The van der Waals surface area contributed by atoms with Crippen LogP contribution < -0.4 is 5.11 Å². The summed E-state index contributed by atoms with van der Waals surface area (Å²) >= 11 is 0. The van der Waals surface area contributed by atoms with Crippen LogP contribution >= 0.6 is 0 Å². The van der Waals surface area contributed by atoms with Crippen LogP contribution in [0, 0.1) is 0 Å². The molecule has 66 heavy (non-hydrogen) atoms. The predicted molar refractivity (Wildman–Crippen MR) is 277 cm³/mol. The maximum Gasteiger partial charge on any atom is 0.306 e. The molecule has 0 bridgehead atoms. The Hall–Kier alpha value is -2.19. The normalized spacial score (nSPS) is 12.9. The molecule has 0 fully saturated rings. The highest BCUT2D eigenvalue weighted by atomic mass is 16.6. The van der Waals surface area contributed by atoms with E-state index in [-0.39, 0.29) is 42.7 Å². The Morgan fingerprint density at radius 1 is 0.470 bits per heavy atom. The molecule has 0 heterocycles. The van der Waals surface area contributed by atoms with E-state index in [1.54, 1.807) is 0 Å². The fourth-order valence-corrected chi connectivity index (χ4v) is 8.76. The van der Waals surface area contributed by atoms with Gasteiger partial charge >= 0.3 is 11.9 Å².